The van der Waals surface area contributed by atoms with Gasteiger partial charge in [-0.1, -0.05) is 65.8 Å². The lowest BCUT2D eigenvalue weighted by molar-refractivity contribution is 1.15. The molecular formula is C16H19Cl. The van der Waals surface area contributed by atoms with E-state index < -0.39 is 0 Å². The van der Waals surface area contributed by atoms with E-state index in [0.717, 1.165) is 12.8 Å². The molecule has 0 saturated heterocycles. The van der Waals surface area contributed by atoms with Gasteiger partial charge in [-0.25, -0.2) is 0 Å². The van der Waals surface area contributed by atoms with Crippen molar-refractivity contribution in [2.75, 3.05) is 0 Å². The van der Waals surface area contributed by atoms with Crippen molar-refractivity contribution in [3.05, 3.63) is 70.9 Å². The number of hydrogen-bond donors (Lipinski definition) is 0. The van der Waals surface area contributed by atoms with Crippen LogP contribution in [0.25, 0.3) is 0 Å². The maximum Gasteiger partial charge on any atom is 0.00426 e. The minimum atomic E-state index is 0.991. The Labute approximate surface area is 109 Å². The predicted molar refractivity (Wildman–Crippen MR) is 78.1 cm³/mol. The van der Waals surface area contributed by atoms with E-state index >= 15 is 0 Å². The topological polar surface area (TPSA) is 0 Å². The van der Waals surface area contributed by atoms with Crippen LogP contribution in [0.1, 0.15) is 26.7 Å². The molecule has 0 aromatic rings. The zero-order chi connectivity index (χ0) is 12.5. The Bertz CT molecular complexity index is 415. The van der Waals surface area contributed by atoms with Crippen LogP contribution in [0.3, 0.4) is 0 Å². The maximum atomic E-state index is 5.57. The average molecular weight is 247 g/mol. The number of allylic oxidation sites excluding steroid dienone is 11. The molecule has 0 radical (unpaired) electrons. The first-order chi connectivity index (χ1) is 8.27. The Morgan fingerprint density at radius 2 is 2.18 bits per heavy atom. The van der Waals surface area contributed by atoms with Gasteiger partial charge >= 0.3 is 0 Å². The first kappa shape index (κ1) is 13.8. The van der Waals surface area contributed by atoms with Crippen LogP contribution in [0, 0.1) is 0 Å². The van der Waals surface area contributed by atoms with Crippen molar-refractivity contribution in [1.29, 1.82) is 0 Å². The molecule has 0 aromatic carbocycles. The third kappa shape index (κ3) is 5.06. The second kappa shape index (κ2) is 7.92. The lowest BCUT2D eigenvalue weighted by Crippen LogP contribution is -1.87. The Balaban J connectivity index is 2.99. The highest BCUT2D eigenvalue weighted by Crippen LogP contribution is 2.18. The summed E-state index contributed by atoms with van der Waals surface area (Å²) in [7, 11) is 0. The molecule has 0 atom stereocenters. The monoisotopic (exact) mass is 246 g/mol. The zero-order valence-electron chi connectivity index (χ0n) is 10.5. The molecule has 0 amide bonds. The Morgan fingerprint density at radius 3 is 2.88 bits per heavy atom. The normalized spacial score (nSPS) is 24.3. The van der Waals surface area contributed by atoms with E-state index in [1.165, 1.54) is 22.3 Å². The molecule has 0 bridgehead atoms. The second-order valence-electron chi connectivity index (χ2n) is 3.99. The van der Waals surface area contributed by atoms with Crippen LogP contribution in [-0.4, -0.2) is 0 Å². The summed E-state index contributed by atoms with van der Waals surface area (Å²) in [5.41, 5.74) is 5.39. The van der Waals surface area contributed by atoms with Crippen molar-refractivity contribution < 1.29 is 0 Å². The third-order valence-corrected chi connectivity index (χ3v) is 2.71. The van der Waals surface area contributed by atoms with E-state index in [4.69, 9.17) is 11.6 Å². The van der Waals surface area contributed by atoms with Crippen molar-refractivity contribution >= 4 is 11.6 Å². The van der Waals surface area contributed by atoms with Gasteiger partial charge in [0.15, 0.2) is 0 Å². The molecule has 0 nitrogen and oxygen atoms in total. The van der Waals surface area contributed by atoms with E-state index in [1.54, 1.807) is 0 Å². The minimum Gasteiger partial charge on any atom is -0.0930 e. The summed E-state index contributed by atoms with van der Waals surface area (Å²) in [5, 5.41) is 0. The molecule has 0 spiro atoms. The Kier molecular flexibility index (Phi) is 6.42. The van der Waals surface area contributed by atoms with Gasteiger partial charge in [-0.2, -0.15) is 0 Å². The van der Waals surface area contributed by atoms with Crippen LogP contribution >= 0.6 is 11.6 Å². The van der Waals surface area contributed by atoms with E-state index in [-0.39, 0.29) is 0 Å². The number of rotatable bonds is 3. The van der Waals surface area contributed by atoms with Crippen LogP contribution in [0.15, 0.2) is 70.9 Å². The van der Waals surface area contributed by atoms with Crippen LogP contribution in [0.5, 0.6) is 0 Å². The molecular weight excluding hydrogens is 228 g/mol. The summed E-state index contributed by atoms with van der Waals surface area (Å²) in [6.45, 7) is 4.19. The van der Waals surface area contributed by atoms with Gasteiger partial charge in [0, 0.05) is 5.54 Å². The first-order valence-corrected chi connectivity index (χ1v) is 6.34. The van der Waals surface area contributed by atoms with Crippen molar-refractivity contribution in [2.45, 2.75) is 26.7 Å². The fourth-order valence-electron chi connectivity index (χ4n) is 1.69. The molecule has 1 rings (SSSR count). The lowest BCUT2D eigenvalue weighted by Gasteiger charge is -2.06. The van der Waals surface area contributed by atoms with Gasteiger partial charge in [-0.15, -0.1) is 0 Å². The van der Waals surface area contributed by atoms with Crippen LogP contribution < -0.4 is 0 Å². The second-order valence-corrected chi connectivity index (χ2v) is 4.24. The first-order valence-electron chi connectivity index (χ1n) is 5.90. The summed E-state index contributed by atoms with van der Waals surface area (Å²) in [5.74, 6) is 0. The highest BCUT2D eigenvalue weighted by atomic mass is 35.5. The molecule has 1 heteroatoms. The molecule has 90 valence electrons. The predicted octanol–water partition coefficient (Wildman–Crippen LogP) is 5.46. The Morgan fingerprint density at radius 1 is 1.35 bits per heavy atom. The smallest absolute Gasteiger partial charge is 0.00426 e. The van der Waals surface area contributed by atoms with Crippen LogP contribution in [0.2, 0.25) is 0 Å². The standard InChI is InChI=1S/C16H19Cl/c1-3-7-15(12-6-13-17)16-10-4-8-14(2)9-5-11-16/h3-4,6-7,9-13H,5,8H2,1-2H3/b7-3-,10-4?,13-6+,14-9-,15-12+,16-11+. The highest BCUT2D eigenvalue weighted by Gasteiger charge is 1.99. The third-order valence-electron chi connectivity index (χ3n) is 2.57. The average Bonchev–Trinajstić information content (AvgIpc) is 2.29. The van der Waals surface area contributed by atoms with E-state index in [0.29, 0.717) is 0 Å². The van der Waals surface area contributed by atoms with E-state index in [9.17, 15) is 0 Å². The van der Waals surface area contributed by atoms with Gasteiger partial charge < -0.3 is 0 Å². The Hall–Kier alpha value is -1.27. The summed E-state index contributed by atoms with van der Waals surface area (Å²) < 4.78 is 0. The molecule has 0 fully saturated rings. The maximum absolute atomic E-state index is 5.57. The molecule has 0 aliphatic heterocycles. The lowest BCUT2D eigenvalue weighted by atomic mass is 9.99. The van der Waals surface area contributed by atoms with E-state index in [1.807, 2.05) is 25.2 Å². The SMILES string of the molecule is C\C=C/C(=C\C=C\Cl)C1=C/C/C=C(/C)CC=C\1. The summed E-state index contributed by atoms with van der Waals surface area (Å²) in [6.07, 6.45) is 19.0. The molecule has 1 aliphatic carbocycles. The molecule has 0 N–H and O–H groups in total. The van der Waals surface area contributed by atoms with Gasteiger partial charge in [-0.05, 0) is 37.8 Å². The fraction of sp³-hybridized carbons (Fsp3) is 0.250. The number of halogens is 1. The largest absolute Gasteiger partial charge is 0.0930 e. The fourth-order valence-corrected chi connectivity index (χ4v) is 1.76. The highest BCUT2D eigenvalue weighted by molar-refractivity contribution is 6.25. The molecule has 1 aliphatic rings. The van der Waals surface area contributed by atoms with Crippen LogP contribution in [-0.2, 0) is 0 Å². The van der Waals surface area contributed by atoms with Gasteiger partial charge in [0.25, 0.3) is 0 Å². The summed E-state index contributed by atoms with van der Waals surface area (Å²) >= 11 is 5.57. The quantitative estimate of drug-likeness (QED) is 0.458. The molecule has 0 saturated carbocycles. The molecule has 0 heterocycles. The van der Waals surface area contributed by atoms with Gasteiger partial charge in [0.05, 0.1) is 0 Å². The molecule has 0 aromatic heterocycles. The van der Waals surface area contributed by atoms with Crippen LogP contribution in [0.4, 0.5) is 0 Å². The summed E-state index contributed by atoms with van der Waals surface area (Å²) in [4.78, 5) is 0. The van der Waals surface area contributed by atoms with Crippen molar-refractivity contribution in [3.8, 4) is 0 Å². The summed E-state index contributed by atoms with van der Waals surface area (Å²) in [6, 6.07) is 0. The molecule has 17 heavy (non-hydrogen) atoms. The van der Waals surface area contributed by atoms with Crippen molar-refractivity contribution in [1.82, 2.24) is 0 Å². The van der Waals surface area contributed by atoms with Gasteiger partial charge in [0.2, 0.25) is 0 Å². The minimum absolute atomic E-state index is 0.991. The van der Waals surface area contributed by atoms with Crippen molar-refractivity contribution in [3.63, 3.8) is 0 Å². The molecule has 0 unspecified atom stereocenters. The van der Waals surface area contributed by atoms with E-state index in [2.05, 4.69) is 37.3 Å². The van der Waals surface area contributed by atoms with Gasteiger partial charge in [-0.3, -0.25) is 0 Å². The number of hydrogen-bond acceptors (Lipinski definition) is 0. The zero-order valence-corrected chi connectivity index (χ0v) is 11.2. The van der Waals surface area contributed by atoms with Gasteiger partial charge in [0.1, 0.15) is 0 Å². The van der Waals surface area contributed by atoms with Crippen molar-refractivity contribution in [2.24, 2.45) is 0 Å².